The molecule has 9 heteroatoms. The summed E-state index contributed by atoms with van der Waals surface area (Å²) in [6, 6.07) is 13.4. The Morgan fingerprint density at radius 3 is 2.56 bits per heavy atom. The highest BCUT2D eigenvalue weighted by atomic mass is 35.5. The lowest BCUT2D eigenvalue weighted by atomic mass is 9.74. The van der Waals surface area contributed by atoms with Gasteiger partial charge in [-0.3, -0.25) is 14.4 Å². The number of anilines is 1. The Labute approximate surface area is 232 Å². The highest BCUT2D eigenvalue weighted by Crippen LogP contribution is 2.55. The minimum Gasteiger partial charge on any atom is -0.496 e. The molecule has 6 rings (SSSR count). The third kappa shape index (κ3) is 4.49. The smallest absolute Gasteiger partial charge is 0.246 e. The number of carbonyl (C=O) groups excluding carboxylic acids is 3. The second-order valence-electron chi connectivity index (χ2n) is 10.8. The number of likely N-dealkylation sites (tertiary alicyclic amines) is 1. The van der Waals surface area contributed by atoms with E-state index in [1.807, 2.05) is 36.4 Å². The lowest BCUT2D eigenvalue weighted by molar-refractivity contribution is -0.142. The number of ether oxygens (including phenoxy) is 2. The SMILES string of the molecule is COc1ccccc1CN1C(=O)[C@@H]2[C@H](C(=O)Nc3ccc(Cl)cc3)[C@@H]3C=C[C@@]2(O3)[C@H]1C(=O)NC1CCCCC1. The topological polar surface area (TPSA) is 97.0 Å². The quantitative estimate of drug-likeness (QED) is 0.507. The molecule has 1 spiro atoms. The maximum absolute atomic E-state index is 14.2. The lowest BCUT2D eigenvalue weighted by Crippen LogP contribution is -2.56. The average Bonchev–Trinajstić information content (AvgIpc) is 3.58. The molecule has 4 aliphatic rings. The zero-order valence-corrected chi connectivity index (χ0v) is 22.5. The van der Waals surface area contributed by atoms with Crippen molar-refractivity contribution in [2.24, 2.45) is 11.8 Å². The highest BCUT2D eigenvalue weighted by molar-refractivity contribution is 6.30. The van der Waals surface area contributed by atoms with Gasteiger partial charge in [-0.2, -0.15) is 0 Å². The maximum Gasteiger partial charge on any atom is 0.246 e. The van der Waals surface area contributed by atoms with Gasteiger partial charge in [0.2, 0.25) is 17.7 Å². The first-order valence-electron chi connectivity index (χ1n) is 13.6. The summed E-state index contributed by atoms with van der Waals surface area (Å²) < 4.78 is 12.0. The number of hydrogen-bond acceptors (Lipinski definition) is 5. The van der Waals surface area contributed by atoms with Crippen molar-refractivity contribution in [2.45, 2.75) is 62.4 Å². The van der Waals surface area contributed by atoms with Crippen molar-refractivity contribution in [1.82, 2.24) is 10.2 Å². The van der Waals surface area contributed by atoms with E-state index in [0.717, 1.165) is 37.7 Å². The fourth-order valence-electron chi connectivity index (χ4n) is 6.74. The Morgan fingerprint density at radius 1 is 1.08 bits per heavy atom. The van der Waals surface area contributed by atoms with Gasteiger partial charge in [-0.15, -0.1) is 0 Å². The van der Waals surface area contributed by atoms with Crippen LogP contribution in [0.1, 0.15) is 37.7 Å². The Hall–Kier alpha value is -3.36. The molecule has 2 N–H and O–H groups in total. The van der Waals surface area contributed by atoms with E-state index in [1.165, 1.54) is 0 Å². The van der Waals surface area contributed by atoms with Gasteiger partial charge in [-0.25, -0.2) is 0 Å². The van der Waals surface area contributed by atoms with Crippen molar-refractivity contribution in [2.75, 3.05) is 12.4 Å². The predicted molar refractivity (Wildman–Crippen MR) is 146 cm³/mol. The molecule has 2 saturated heterocycles. The summed E-state index contributed by atoms with van der Waals surface area (Å²) in [7, 11) is 1.58. The predicted octanol–water partition coefficient (Wildman–Crippen LogP) is 4.09. The molecular weight excluding hydrogens is 518 g/mol. The van der Waals surface area contributed by atoms with Crippen LogP contribution in [0.15, 0.2) is 60.7 Å². The van der Waals surface area contributed by atoms with E-state index in [4.69, 9.17) is 21.1 Å². The van der Waals surface area contributed by atoms with Crippen molar-refractivity contribution in [1.29, 1.82) is 0 Å². The molecule has 0 unspecified atom stereocenters. The van der Waals surface area contributed by atoms with E-state index in [-0.39, 0.29) is 30.3 Å². The fourth-order valence-corrected chi connectivity index (χ4v) is 6.87. The Bertz CT molecular complexity index is 1310. The molecule has 3 heterocycles. The maximum atomic E-state index is 14.2. The number of methoxy groups -OCH3 is 1. The van der Waals surface area contributed by atoms with E-state index in [1.54, 1.807) is 36.3 Å². The van der Waals surface area contributed by atoms with Gasteiger partial charge in [0.25, 0.3) is 0 Å². The van der Waals surface area contributed by atoms with Crippen LogP contribution in [0.2, 0.25) is 5.02 Å². The van der Waals surface area contributed by atoms with E-state index >= 15 is 0 Å². The molecule has 5 atom stereocenters. The van der Waals surface area contributed by atoms with Crippen LogP contribution < -0.4 is 15.4 Å². The summed E-state index contributed by atoms with van der Waals surface area (Å²) in [5.41, 5.74) is 0.138. The van der Waals surface area contributed by atoms with Crippen LogP contribution in [-0.4, -0.2) is 53.5 Å². The van der Waals surface area contributed by atoms with Gasteiger partial charge in [-0.1, -0.05) is 61.2 Å². The highest BCUT2D eigenvalue weighted by Gasteiger charge is 2.72. The molecule has 39 heavy (non-hydrogen) atoms. The number of halogens is 1. The second kappa shape index (κ2) is 10.3. The van der Waals surface area contributed by atoms with Crippen molar-refractivity contribution in [3.05, 3.63) is 71.3 Å². The summed E-state index contributed by atoms with van der Waals surface area (Å²) in [5, 5.41) is 6.69. The van der Waals surface area contributed by atoms with Gasteiger partial charge in [-0.05, 0) is 43.2 Å². The van der Waals surface area contributed by atoms with E-state index in [9.17, 15) is 14.4 Å². The van der Waals surface area contributed by atoms with E-state index < -0.39 is 29.6 Å². The monoisotopic (exact) mass is 549 g/mol. The molecule has 3 aliphatic heterocycles. The van der Waals surface area contributed by atoms with Gasteiger partial charge in [0, 0.05) is 22.3 Å². The van der Waals surface area contributed by atoms with Crippen LogP contribution >= 0.6 is 11.6 Å². The number of benzene rings is 2. The summed E-state index contributed by atoms with van der Waals surface area (Å²) in [4.78, 5) is 43.3. The van der Waals surface area contributed by atoms with Gasteiger partial charge in [0.1, 0.15) is 17.4 Å². The van der Waals surface area contributed by atoms with Crippen LogP contribution in [-0.2, 0) is 25.7 Å². The molecule has 2 aromatic rings. The lowest BCUT2D eigenvalue weighted by Gasteiger charge is -2.34. The van der Waals surface area contributed by atoms with Gasteiger partial charge in [0.05, 0.1) is 31.6 Å². The van der Waals surface area contributed by atoms with Crippen LogP contribution in [0.4, 0.5) is 5.69 Å². The standard InChI is InChI=1S/C30H32ClN3O5/c1-38-22-10-6-5-7-18(22)17-34-26(28(36)33-20-8-3-2-4-9-20)30-16-15-23(39-30)24(25(30)29(34)37)27(35)32-21-13-11-19(31)12-14-21/h5-7,10-16,20,23-26H,2-4,8-9,17H2,1H3,(H,32,35)(H,33,36)/t23-,24+,25-,26+,30-/m0/s1. The number of amides is 3. The Kier molecular flexibility index (Phi) is 6.85. The first kappa shape index (κ1) is 25.9. The number of para-hydroxylation sites is 1. The number of nitrogens with zero attached hydrogens (tertiary/aromatic N) is 1. The molecular formula is C30H32ClN3O5. The number of rotatable bonds is 7. The molecule has 1 aliphatic carbocycles. The second-order valence-corrected chi connectivity index (χ2v) is 11.3. The minimum absolute atomic E-state index is 0.0662. The van der Waals surface area contributed by atoms with E-state index in [0.29, 0.717) is 16.5 Å². The van der Waals surface area contributed by atoms with Crippen LogP contribution in [0.25, 0.3) is 0 Å². The van der Waals surface area contributed by atoms with Gasteiger partial charge < -0.3 is 25.0 Å². The van der Waals surface area contributed by atoms with Crippen molar-refractivity contribution >= 4 is 35.0 Å². The first-order valence-corrected chi connectivity index (χ1v) is 14.0. The van der Waals surface area contributed by atoms with Gasteiger partial charge in [0.15, 0.2) is 0 Å². The molecule has 3 fully saturated rings. The fraction of sp³-hybridized carbons (Fsp3) is 0.433. The number of hydrogen-bond donors (Lipinski definition) is 2. The van der Waals surface area contributed by atoms with Crippen molar-refractivity contribution in [3.8, 4) is 5.75 Å². The number of fused-ring (bicyclic) bond motifs is 1. The zero-order valence-electron chi connectivity index (χ0n) is 21.8. The van der Waals surface area contributed by atoms with Gasteiger partial charge >= 0.3 is 0 Å². The molecule has 3 amide bonds. The first-order chi connectivity index (χ1) is 18.9. The summed E-state index contributed by atoms with van der Waals surface area (Å²) in [6.07, 6.45) is 8.20. The number of nitrogens with one attached hydrogen (secondary N) is 2. The third-order valence-electron chi connectivity index (χ3n) is 8.52. The van der Waals surface area contributed by atoms with Crippen molar-refractivity contribution in [3.63, 3.8) is 0 Å². The average molecular weight is 550 g/mol. The molecule has 204 valence electrons. The molecule has 2 aromatic carbocycles. The molecule has 8 nitrogen and oxygen atoms in total. The van der Waals surface area contributed by atoms with Crippen molar-refractivity contribution < 1.29 is 23.9 Å². The third-order valence-corrected chi connectivity index (χ3v) is 8.77. The molecule has 0 radical (unpaired) electrons. The Balaban J connectivity index is 1.34. The summed E-state index contributed by atoms with van der Waals surface area (Å²) in [5.74, 6) is -1.80. The normalized spacial score (nSPS) is 29.4. The van der Waals surface area contributed by atoms with Crippen LogP contribution in [0, 0.1) is 11.8 Å². The van der Waals surface area contributed by atoms with E-state index in [2.05, 4.69) is 10.6 Å². The largest absolute Gasteiger partial charge is 0.496 e. The van der Waals surface area contributed by atoms with Crippen LogP contribution in [0.5, 0.6) is 5.75 Å². The van der Waals surface area contributed by atoms with Crippen LogP contribution in [0.3, 0.4) is 0 Å². The zero-order chi connectivity index (χ0) is 27.1. The molecule has 1 saturated carbocycles. The number of carbonyl (C=O) groups is 3. The summed E-state index contributed by atoms with van der Waals surface area (Å²) >= 11 is 6.00. The minimum atomic E-state index is -1.22. The summed E-state index contributed by atoms with van der Waals surface area (Å²) in [6.45, 7) is 0.164. The molecule has 2 bridgehead atoms. The molecule has 0 aromatic heterocycles. The Morgan fingerprint density at radius 2 is 1.82 bits per heavy atom.